The van der Waals surface area contributed by atoms with E-state index in [1.165, 1.54) is 11.1 Å². The van der Waals surface area contributed by atoms with E-state index in [2.05, 4.69) is 34.5 Å². The lowest BCUT2D eigenvalue weighted by molar-refractivity contribution is -0.128. The summed E-state index contributed by atoms with van der Waals surface area (Å²) in [6.07, 6.45) is 1.48. The van der Waals surface area contributed by atoms with Gasteiger partial charge in [0.2, 0.25) is 0 Å². The summed E-state index contributed by atoms with van der Waals surface area (Å²) < 4.78 is 5.75. The highest BCUT2D eigenvalue weighted by atomic mass is 16.5. The smallest absolute Gasteiger partial charge is 0.260 e. The van der Waals surface area contributed by atoms with E-state index in [0.29, 0.717) is 0 Å². The molecule has 0 spiro atoms. The Labute approximate surface area is 156 Å². The molecule has 1 amide bonds. The quantitative estimate of drug-likeness (QED) is 0.864. The van der Waals surface area contributed by atoms with E-state index in [4.69, 9.17) is 4.74 Å². The second-order valence-corrected chi connectivity index (χ2v) is 7.12. The van der Waals surface area contributed by atoms with Crippen molar-refractivity contribution in [3.63, 3.8) is 0 Å². The number of aryl methyl sites for hydroxylation is 1. The number of likely N-dealkylation sites (tertiary alicyclic amines) is 1. The average molecular weight is 352 g/mol. The molecule has 0 aromatic heterocycles. The van der Waals surface area contributed by atoms with E-state index in [-0.39, 0.29) is 11.9 Å². The molecule has 1 unspecified atom stereocenters. The molecule has 2 aromatic carbocycles. The van der Waals surface area contributed by atoms with Gasteiger partial charge in [-0.05, 0) is 44.4 Å². The van der Waals surface area contributed by atoms with Gasteiger partial charge in [0.05, 0.1) is 0 Å². The van der Waals surface area contributed by atoms with Gasteiger partial charge in [-0.25, -0.2) is 0 Å². The molecule has 0 bridgehead atoms. The van der Waals surface area contributed by atoms with Crippen LogP contribution in [-0.2, 0) is 11.3 Å². The van der Waals surface area contributed by atoms with Crippen molar-refractivity contribution >= 4 is 5.91 Å². The van der Waals surface area contributed by atoms with Gasteiger partial charge in [-0.3, -0.25) is 9.69 Å². The highest BCUT2D eigenvalue weighted by Gasteiger charge is 2.23. The van der Waals surface area contributed by atoms with Crippen LogP contribution in [0.15, 0.2) is 54.6 Å². The van der Waals surface area contributed by atoms with Crippen LogP contribution < -0.4 is 10.1 Å². The molecule has 26 heavy (non-hydrogen) atoms. The highest BCUT2D eigenvalue weighted by Crippen LogP contribution is 2.16. The van der Waals surface area contributed by atoms with Gasteiger partial charge in [-0.15, -0.1) is 0 Å². The number of hydrogen-bond donors (Lipinski definition) is 1. The first-order valence-corrected chi connectivity index (χ1v) is 9.40. The zero-order valence-electron chi connectivity index (χ0n) is 15.7. The van der Waals surface area contributed by atoms with Gasteiger partial charge in [0.1, 0.15) is 5.75 Å². The Balaban J connectivity index is 1.42. The first-order valence-electron chi connectivity index (χ1n) is 9.40. The summed E-state index contributed by atoms with van der Waals surface area (Å²) in [5.41, 5.74) is 2.52. The molecule has 1 saturated heterocycles. The number of ether oxygens (including phenoxy) is 1. The summed E-state index contributed by atoms with van der Waals surface area (Å²) in [7, 11) is 0. The number of nitrogens with zero attached hydrogens (tertiary/aromatic N) is 1. The van der Waals surface area contributed by atoms with Crippen LogP contribution in [0.2, 0.25) is 0 Å². The summed E-state index contributed by atoms with van der Waals surface area (Å²) in [4.78, 5) is 14.9. The predicted octanol–water partition coefficient (Wildman–Crippen LogP) is 3.54. The summed E-state index contributed by atoms with van der Waals surface area (Å²) >= 11 is 0. The predicted molar refractivity (Wildman–Crippen MR) is 104 cm³/mol. The van der Waals surface area contributed by atoms with Crippen LogP contribution in [0.1, 0.15) is 30.9 Å². The largest absolute Gasteiger partial charge is 0.481 e. The van der Waals surface area contributed by atoms with Crippen molar-refractivity contribution in [2.75, 3.05) is 13.1 Å². The van der Waals surface area contributed by atoms with Crippen LogP contribution >= 0.6 is 0 Å². The monoisotopic (exact) mass is 352 g/mol. The Bertz CT molecular complexity index is 692. The molecule has 3 rings (SSSR count). The van der Waals surface area contributed by atoms with Crippen LogP contribution in [-0.4, -0.2) is 36.0 Å². The van der Waals surface area contributed by atoms with Crippen LogP contribution in [0.5, 0.6) is 5.75 Å². The average Bonchev–Trinajstić information content (AvgIpc) is 2.66. The number of carbonyl (C=O) groups is 1. The summed E-state index contributed by atoms with van der Waals surface area (Å²) in [6, 6.07) is 18.6. The van der Waals surface area contributed by atoms with E-state index >= 15 is 0 Å². The van der Waals surface area contributed by atoms with Crippen molar-refractivity contribution < 1.29 is 9.53 Å². The van der Waals surface area contributed by atoms with E-state index < -0.39 is 6.10 Å². The Kier molecular flexibility index (Phi) is 6.29. The van der Waals surface area contributed by atoms with Crippen LogP contribution in [0.25, 0.3) is 0 Å². The number of rotatable bonds is 6. The molecule has 1 aliphatic heterocycles. The molecule has 138 valence electrons. The van der Waals surface area contributed by atoms with Crippen molar-refractivity contribution in [2.24, 2.45) is 0 Å². The minimum Gasteiger partial charge on any atom is -0.481 e. The third-order valence-electron chi connectivity index (χ3n) is 4.89. The third-order valence-corrected chi connectivity index (χ3v) is 4.89. The minimum absolute atomic E-state index is 0.0351. The summed E-state index contributed by atoms with van der Waals surface area (Å²) in [5, 5.41) is 3.14. The SMILES string of the molecule is Cc1ccc(OC(C)C(=O)NC2CCN(Cc3ccccc3)CC2)cc1. The third kappa shape index (κ3) is 5.33. The molecule has 1 aliphatic rings. The molecular formula is C22H28N2O2. The van der Waals surface area contributed by atoms with Gasteiger partial charge in [-0.1, -0.05) is 48.0 Å². The molecule has 2 aromatic rings. The molecule has 1 N–H and O–H groups in total. The molecular weight excluding hydrogens is 324 g/mol. The Morgan fingerprint density at radius 2 is 1.77 bits per heavy atom. The number of amides is 1. The molecule has 4 heteroatoms. The number of nitrogens with one attached hydrogen (secondary N) is 1. The van der Waals surface area contributed by atoms with Gasteiger partial charge >= 0.3 is 0 Å². The van der Waals surface area contributed by atoms with Gasteiger partial charge in [0.15, 0.2) is 6.10 Å². The number of hydrogen-bond acceptors (Lipinski definition) is 3. The molecule has 4 nitrogen and oxygen atoms in total. The van der Waals surface area contributed by atoms with Gasteiger partial charge < -0.3 is 10.1 Å². The first kappa shape index (κ1) is 18.5. The number of carbonyl (C=O) groups excluding carboxylic acids is 1. The maximum absolute atomic E-state index is 12.4. The van der Waals surface area contributed by atoms with E-state index in [1.54, 1.807) is 6.92 Å². The van der Waals surface area contributed by atoms with Crippen molar-refractivity contribution in [1.29, 1.82) is 0 Å². The number of benzene rings is 2. The first-order chi connectivity index (χ1) is 12.6. The van der Waals surface area contributed by atoms with Crippen molar-refractivity contribution in [1.82, 2.24) is 10.2 Å². The van der Waals surface area contributed by atoms with Gasteiger partial charge in [0, 0.05) is 25.7 Å². The Morgan fingerprint density at radius 1 is 1.12 bits per heavy atom. The lowest BCUT2D eigenvalue weighted by Gasteiger charge is -2.32. The van der Waals surface area contributed by atoms with E-state index in [0.717, 1.165) is 38.2 Å². The summed E-state index contributed by atoms with van der Waals surface area (Å²) in [5.74, 6) is 0.697. The molecule has 0 aliphatic carbocycles. The van der Waals surface area contributed by atoms with Crippen molar-refractivity contribution in [3.05, 3.63) is 65.7 Å². The lowest BCUT2D eigenvalue weighted by Crippen LogP contribution is -2.47. The fraction of sp³-hybridized carbons (Fsp3) is 0.409. The van der Waals surface area contributed by atoms with E-state index in [1.807, 2.05) is 37.3 Å². The van der Waals surface area contributed by atoms with E-state index in [9.17, 15) is 4.79 Å². The van der Waals surface area contributed by atoms with Gasteiger partial charge in [0.25, 0.3) is 5.91 Å². The van der Waals surface area contributed by atoms with Crippen LogP contribution in [0.4, 0.5) is 0 Å². The van der Waals surface area contributed by atoms with Crippen LogP contribution in [0.3, 0.4) is 0 Å². The van der Waals surface area contributed by atoms with Gasteiger partial charge in [-0.2, -0.15) is 0 Å². The fourth-order valence-electron chi connectivity index (χ4n) is 3.27. The standard InChI is InChI=1S/C22H28N2O2/c1-17-8-10-21(11-9-17)26-18(2)22(25)23-20-12-14-24(15-13-20)16-19-6-4-3-5-7-19/h3-11,18,20H,12-16H2,1-2H3,(H,23,25). The highest BCUT2D eigenvalue weighted by molar-refractivity contribution is 5.81. The topological polar surface area (TPSA) is 41.6 Å². The maximum Gasteiger partial charge on any atom is 0.260 e. The van der Waals surface area contributed by atoms with Crippen molar-refractivity contribution in [3.8, 4) is 5.75 Å². The van der Waals surface area contributed by atoms with Crippen molar-refractivity contribution in [2.45, 2.75) is 45.4 Å². The molecule has 0 saturated carbocycles. The lowest BCUT2D eigenvalue weighted by atomic mass is 10.0. The normalized spacial score (nSPS) is 16.8. The molecule has 0 radical (unpaired) electrons. The zero-order valence-corrected chi connectivity index (χ0v) is 15.7. The maximum atomic E-state index is 12.4. The number of piperidine rings is 1. The second kappa shape index (κ2) is 8.86. The van der Waals surface area contributed by atoms with Crippen LogP contribution in [0, 0.1) is 6.92 Å². The Morgan fingerprint density at radius 3 is 2.42 bits per heavy atom. The minimum atomic E-state index is -0.486. The zero-order chi connectivity index (χ0) is 18.4. The second-order valence-electron chi connectivity index (χ2n) is 7.12. The molecule has 1 atom stereocenters. The molecule has 1 fully saturated rings. The molecule has 1 heterocycles. The summed E-state index contributed by atoms with van der Waals surface area (Å²) in [6.45, 7) is 6.83. The Hall–Kier alpha value is -2.33. The fourth-order valence-corrected chi connectivity index (χ4v) is 3.27.